The average molecular weight is 402 g/mol. The van der Waals surface area contributed by atoms with Crippen LogP contribution in [0.2, 0.25) is 0 Å². The van der Waals surface area contributed by atoms with E-state index in [1.54, 1.807) is 0 Å². The lowest BCUT2D eigenvalue weighted by molar-refractivity contribution is -0.134. The second-order valence-corrected chi connectivity index (χ2v) is 9.55. The molecule has 3 aliphatic rings. The molecule has 0 bridgehead atoms. The molecule has 29 heavy (non-hydrogen) atoms. The SMILES string of the molecule is CC(C)CC(=O)N1CCC(c2nnc3n2CCN(C(=O)CC2CCCC2)C3)CC1. The Morgan fingerprint density at radius 1 is 0.931 bits per heavy atom. The summed E-state index contributed by atoms with van der Waals surface area (Å²) in [4.78, 5) is 29.0. The summed E-state index contributed by atoms with van der Waals surface area (Å²) >= 11 is 0. The highest BCUT2D eigenvalue weighted by Gasteiger charge is 2.31. The molecule has 0 radical (unpaired) electrons. The zero-order valence-electron chi connectivity index (χ0n) is 18.0. The van der Waals surface area contributed by atoms with Gasteiger partial charge in [0, 0.05) is 44.9 Å². The number of fused-ring (bicyclic) bond motifs is 1. The molecular weight excluding hydrogens is 366 g/mol. The fraction of sp³-hybridized carbons (Fsp3) is 0.818. The predicted molar refractivity (Wildman–Crippen MR) is 110 cm³/mol. The third kappa shape index (κ3) is 4.64. The van der Waals surface area contributed by atoms with E-state index in [1.807, 2.05) is 9.80 Å². The first-order valence-corrected chi connectivity index (χ1v) is 11.5. The van der Waals surface area contributed by atoms with Gasteiger partial charge in [0.05, 0.1) is 6.54 Å². The zero-order valence-corrected chi connectivity index (χ0v) is 18.0. The fourth-order valence-corrected chi connectivity index (χ4v) is 5.15. The van der Waals surface area contributed by atoms with E-state index in [-0.39, 0.29) is 11.8 Å². The standard InChI is InChI=1S/C22H35N5O2/c1-16(2)13-20(28)25-9-7-18(8-10-25)22-24-23-19-15-26(11-12-27(19)22)21(29)14-17-5-3-4-6-17/h16-18H,3-15H2,1-2H3. The Labute approximate surface area is 173 Å². The van der Waals surface area contributed by atoms with Crippen LogP contribution in [0.25, 0.3) is 0 Å². The second kappa shape index (κ2) is 8.84. The number of nitrogens with zero attached hydrogens (tertiary/aromatic N) is 5. The van der Waals surface area contributed by atoms with Crippen LogP contribution in [0.15, 0.2) is 0 Å². The van der Waals surface area contributed by atoms with Crippen LogP contribution in [0.5, 0.6) is 0 Å². The van der Waals surface area contributed by atoms with Gasteiger partial charge in [0.25, 0.3) is 0 Å². The van der Waals surface area contributed by atoms with Gasteiger partial charge in [-0.3, -0.25) is 9.59 Å². The minimum Gasteiger partial charge on any atom is -0.343 e. The molecule has 2 fully saturated rings. The van der Waals surface area contributed by atoms with Crippen molar-refractivity contribution in [2.24, 2.45) is 11.8 Å². The molecule has 1 aromatic heterocycles. The van der Waals surface area contributed by atoms with E-state index >= 15 is 0 Å². The Morgan fingerprint density at radius 2 is 1.66 bits per heavy atom. The summed E-state index contributed by atoms with van der Waals surface area (Å²) < 4.78 is 2.23. The quantitative estimate of drug-likeness (QED) is 0.760. The number of likely N-dealkylation sites (tertiary alicyclic amines) is 1. The number of amides is 2. The Morgan fingerprint density at radius 3 is 2.34 bits per heavy atom. The summed E-state index contributed by atoms with van der Waals surface area (Å²) in [5, 5.41) is 8.94. The summed E-state index contributed by atoms with van der Waals surface area (Å²) in [6.07, 6.45) is 8.20. The van der Waals surface area contributed by atoms with Crippen molar-refractivity contribution in [1.82, 2.24) is 24.6 Å². The molecule has 0 aromatic carbocycles. The van der Waals surface area contributed by atoms with Gasteiger partial charge in [-0.1, -0.05) is 26.7 Å². The molecule has 1 saturated heterocycles. The normalized spacial score (nSPS) is 21.1. The summed E-state index contributed by atoms with van der Waals surface area (Å²) in [6.45, 7) is 7.94. The maximum absolute atomic E-state index is 12.7. The van der Waals surface area contributed by atoms with Gasteiger partial charge in [0.1, 0.15) is 5.82 Å². The summed E-state index contributed by atoms with van der Waals surface area (Å²) in [6, 6.07) is 0. The molecule has 3 heterocycles. The zero-order chi connectivity index (χ0) is 20.4. The summed E-state index contributed by atoms with van der Waals surface area (Å²) in [5.41, 5.74) is 0. The Bertz CT molecular complexity index is 730. The van der Waals surface area contributed by atoms with Crippen molar-refractivity contribution < 1.29 is 9.59 Å². The van der Waals surface area contributed by atoms with Gasteiger partial charge in [-0.05, 0) is 37.5 Å². The van der Waals surface area contributed by atoms with Crippen LogP contribution in [0.1, 0.15) is 82.8 Å². The molecule has 160 valence electrons. The highest BCUT2D eigenvalue weighted by molar-refractivity contribution is 5.77. The lowest BCUT2D eigenvalue weighted by Gasteiger charge is -2.33. The topological polar surface area (TPSA) is 71.3 Å². The highest BCUT2D eigenvalue weighted by atomic mass is 16.2. The first kappa shape index (κ1) is 20.4. The minimum atomic E-state index is 0.276. The maximum atomic E-state index is 12.7. The Kier molecular flexibility index (Phi) is 6.20. The van der Waals surface area contributed by atoms with E-state index in [2.05, 4.69) is 28.6 Å². The first-order valence-electron chi connectivity index (χ1n) is 11.5. The van der Waals surface area contributed by atoms with Crippen LogP contribution >= 0.6 is 0 Å². The summed E-state index contributed by atoms with van der Waals surface area (Å²) in [5.74, 6) is 3.88. The molecule has 4 rings (SSSR count). The van der Waals surface area contributed by atoms with Crippen molar-refractivity contribution in [2.75, 3.05) is 19.6 Å². The fourth-order valence-electron chi connectivity index (χ4n) is 5.15. The van der Waals surface area contributed by atoms with Crippen molar-refractivity contribution in [3.63, 3.8) is 0 Å². The molecule has 2 amide bonds. The highest BCUT2D eigenvalue weighted by Crippen LogP contribution is 2.31. The number of carbonyl (C=O) groups is 2. The second-order valence-electron chi connectivity index (χ2n) is 9.55. The predicted octanol–water partition coefficient (Wildman–Crippen LogP) is 2.95. The van der Waals surface area contributed by atoms with Gasteiger partial charge in [0.15, 0.2) is 5.82 Å². The minimum absolute atomic E-state index is 0.276. The maximum Gasteiger partial charge on any atom is 0.223 e. The Hall–Kier alpha value is -1.92. The van der Waals surface area contributed by atoms with E-state index in [0.717, 1.165) is 50.7 Å². The molecule has 0 spiro atoms. The molecule has 1 aliphatic carbocycles. The van der Waals surface area contributed by atoms with Crippen LogP contribution in [0.3, 0.4) is 0 Å². The van der Waals surface area contributed by atoms with E-state index in [1.165, 1.54) is 25.7 Å². The smallest absolute Gasteiger partial charge is 0.223 e. The van der Waals surface area contributed by atoms with Gasteiger partial charge in [-0.2, -0.15) is 0 Å². The largest absolute Gasteiger partial charge is 0.343 e. The van der Waals surface area contributed by atoms with Crippen LogP contribution in [-0.2, 0) is 22.7 Å². The third-order valence-electron chi connectivity index (χ3n) is 6.87. The molecule has 2 aliphatic heterocycles. The number of aromatic nitrogens is 3. The molecule has 0 unspecified atom stereocenters. The molecular formula is C22H35N5O2. The van der Waals surface area contributed by atoms with E-state index < -0.39 is 0 Å². The van der Waals surface area contributed by atoms with Gasteiger partial charge in [-0.25, -0.2) is 0 Å². The summed E-state index contributed by atoms with van der Waals surface area (Å²) in [7, 11) is 0. The lowest BCUT2D eigenvalue weighted by atomic mass is 9.95. The number of piperidine rings is 1. The van der Waals surface area contributed by atoms with Crippen LogP contribution in [0, 0.1) is 11.8 Å². The average Bonchev–Trinajstić information content (AvgIpc) is 3.36. The number of hydrogen-bond acceptors (Lipinski definition) is 4. The first-order chi connectivity index (χ1) is 14.0. The van der Waals surface area contributed by atoms with Crippen molar-refractivity contribution in [1.29, 1.82) is 0 Å². The van der Waals surface area contributed by atoms with Crippen molar-refractivity contribution in [3.05, 3.63) is 11.6 Å². The van der Waals surface area contributed by atoms with Gasteiger partial charge in [0.2, 0.25) is 11.8 Å². The van der Waals surface area contributed by atoms with E-state index in [0.29, 0.717) is 37.1 Å². The van der Waals surface area contributed by atoms with Crippen LogP contribution in [-0.4, -0.2) is 56.0 Å². The number of rotatable bonds is 5. The molecule has 0 atom stereocenters. The lowest BCUT2D eigenvalue weighted by Crippen LogP contribution is -2.41. The third-order valence-corrected chi connectivity index (χ3v) is 6.87. The van der Waals surface area contributed by atoms with E-state index in [9.17, 15) is 9.59 Å². The molecule has 0 N–H and O–H groups in total. The number of carbonyl (C=O) groups excluding carboxylic acids is 2. The van der Waals surface area contributed by atoms with Gasteiger partial charge >= 0.3 is 0 Å². The molecule has 7 nitrogen and oxygen atoms in total. The van der Waals surface area contributed by atoms with Crippen LogP contribution in [0.4, 0.5) is 0 Å². The molecule has 7 heteroatoms. The molecule has 1 aromatic rings. The Balaban J connectivity index is 1.33. The van der Waals surface area contributed by atoms with Gasteiger partial charge < -0.3 is 14.4 Å². The van der Waals surface area contributed by atoms with Gasteiger partial charge in [-0.15, -0.1) is 10.2 Å². The monoisotopic (exact) mass is 401 g/mol. The van der Waals surface area contributed by atoms with Crippen molar-refractivity contribution in [2.45, 2.75) is 84.2 Å². The number of hydrogen-bond donors (Lipinski definition) is 0. The van der Waals surface area contributed by atoms with Crippen LogP contribution < -0.4 is 0 Å². The van der Waals surface area contributed by atoms with Crippen molar-refractivity contribution >= 4 is 11.8 Å². The van der Waals surface area contributed by atoms with E-state index in [4.69, 9.17) is 0 Å². The van der Waals surface area contributed by atoms with Crippen molar-refractivity contribution in [3.8, 4) is 0 Å². The molecule has 1 saturated carbocycles.